The molecule has 0 spiro atoms. The number of anilines is 1. The molecule has 1 aromatic heterocycles. The van der Waals surface area contributed by atoms with Crippen LogP contribution in [0.15, 0.2) is 12.3 Å². The highest BCUT2D eigenvalue weighted by atomic mass is 19.4. The molecular formula is C12H17F3N4. The Morgan fingerprint density at radius 2 is 2.21 bits per heavy atom. The first-order valence-corrected chi connectivity index (χ1v) is 6.28. The molecule has 4 nitrogen and oxygen atoms in total. The normalized spacial score (nSPS) is 24.6. The Bertz CT molecular complexity index is 435. The highest BCUT2D eigenvalue weighted by molar-refractivity contribution is 5.33. The van der Waals surface area contributed by atoms with Crippen LogP contribution in [0.4, 0.5) is 19.1 Å². The Kier molecular flexibility index (Phi) is 3.93. The summed E-state index contributed by atoms with van der Waals surface area (Å²) in [6.45, 7) is 3.15. The van der Waals surface area contributed by atoms with Crippen molar-refractivity contribution in [3.05, 3.63) is 18.0 Å². The van der Waals surface area contributed by atoms with Gasteiger partial charge < -0.3 is 10.6 Å². The lowest BCUT2D eigenvalue weighted by Crippen LogP contribution is -2.47. The van der Waals surface area contributed by atoms with Crippen molar-refractivity contribution in [2.45, 2.75) is 32.0 Å². The molecule has 2 heterocycles. The van der Waals surface area contributed by atoms with Crippen molar-refractivity contribution < 1.29 is 13.2 Å². The number of hydrogen-bond donors (Lipinski definition) is 1. The maximum Gasteiger partial charge on any atom is 0.433 e. The van der Waals surface area contributed by atoms with Crippen LogP contribution in [0.5, 0.6) is 0 Å². The molecule has 2 rings (SSSR count). The third-order valence-electron chi connectivity index (χ3n) is 3.44. The summed E-state index contributed by atoms with van der Waals surface area (Å²) >= 11 is 0. The summed E-state index contributed by atoms with van der Waals surface area (Å²) < 4.78 is 37.9. The van der Waals surface area contributed by atoms with Gasteiger partial charge in [0, 0.05) is 25.3 Å². The Hall–Kier alpha value is -1.37. The Morgan fingerprint density at radius 1 is 1.47 bits per heavy atom. The minimum Gasteiger partial charge on any atom is -0.337 e. The summed E-state index contributed by atoms with van der Waals surface area (Å²) in [5.41, 5.74) is 4.79. The number of hydrogen-bond acceptors (Lipinski definition) is 4. The highest BCUT2D eigenvalue weighted by Gasteiger charge is 2.34. The van der Waals surface area contributed by atoms with Gasteiger partial charge in [-0.1, -0.05) is 6.92 Å². The second-order valence-electron chi connectivity index (χ2n) is 4.95. The number of halogens is 3. The second-order valence-corrected chi connectivity index (χ2v) is 4.95. The molecule has 106 valence electrons. The zero-order valence-electron chi connectivity index (χ0n) is 10.7. The fraction of sp³-hybridized carbons (Fsp3) is 0.667. The molecule has 7 heteroatoms. The first-order valence-electron chi connectivity index (χ1n) is 6.28. The van der Waals surface area contributed by atoms with Crippen LogP contribution in [-0.2, 0) is 6.18 Å². The monoisotopic (exact) mass is 274 g/mol. The van der Waals surface area contributed by atoms with Gasteiger partial charge in [-0.15, -0.1) is 0 Å². The van der Waals surface area contributed by atoms with Crippen LogP contribution in [-0.4, -0.2) is 29.1 Å². The summed E-state index contributed by atoms with van der Waals surface area (Å²) in [6, 6.07) is 0.889. The number of rotatable bonds is 2. The van der Waals surface area contributed by atoms with Crippen molar-refractivity contribution in [1.82, 2.24) is 9.97 Å². The standard InChI is InChI=1S/C12H17F3N4/c1-8-3-5-19(9(6-8)7-16)11-17-4-2-10(18-11)12(13,14)15/h2,4,8-9H,3,5-7,16H2,1H3. The summed E-state index contributed by atoms with van der Waals surface area (Å²) in [5.74, 6) is 0.646. The number of nitrogens with zero attached hydrogens (tertiary/aromatic N) is 3. The lowest BCUT2D eigenvalue weighted by atomic mass is 9.93. The minimum atomic E-state index is -4.45. The van der Waals surface area contributed by atoms with Gasteiger partial charge in [0.1, 0.15) is 5.69 Å². The Balaban J connectivity index is 2.25. The average Bonchev–Trinajstić information content (AvgIpc) is 2.37. The van der Waals surface area contributed by atoms with Gasteiger partial charge in [0.15, 0.2) is 0 Å². The van der Waals surface area contributed by atoms with Crippen LogP contribution < -0.4 is 10.6 Å². The van der Waals surface area contributed by atoms with Crippen LogP contribution in [0.1, 0.15) is 25.5 Å². The zero-order chi connectivity index (χ0) is 14.0. The van der Waals surface area contributed by atoms with Crippen LogP contribution in [0.2, 0.25) is 0 Å². The molecule has 0 radical (unpaired) electrons. The van der Waals surface area contributed by atoms with Gasteiger partial charge in [-0.3, -0.25) is 0 Å². The van der Waals surface area contributed by atoms with Crippen LogP contribution in [0.3, 0.4) is 0 Å². The van der Waals surface area contributed by atoms with Gasteiger partial charge in [0.05, 0.1) is 0 Å². The largest absolute Gasteiger partial charge is 0.433 e. The van der Waals surface area contributed by atoms with Crippen molar-refractivity contribution in [1.29, 1.82) is 0 Å². The van der Waals surface area contributed by atoms with E-state index in [0.717, 1.165) is 25.1 Å². The predicted octanol–water partition coefficient (Wildman–Crippen LogP) is 2.06. The van der Waals surface area contributed by atoms with Gasteiger partial charge in [-0.05, 0) is 24.8 Å². The zero-order valence-corrected chi connectivity index (χ0v) is 10.7. The molecule has 2 unspecified atom stereocenters. The third-order valence-corrected chi connectivity index (χ3v) is 3.44. The molecule has 1 fully saturated rings. The first-order chi connectivity index (χ1) is 8.91. The van der Waals surface area contributed by atoms with E-state index in [4.69, 9.17) is 5.73 Å². The summed E-state index contributed by atoms with van der Waals surface area (Å²) in [5, 5.41) is 0. The van der Waals surface area contributed by atoms with Crippen molar-refractivity contribution in [2.75, 3.05) is 18.0 Å². The fourth-order valence-electron chi connectivity index (χ4n) is 2.38. The van der Waals surface area contributed by atoms with E-state index < -0.39 is 11.9 Å². The molecule has 1 saturated heterocycles. The topological polar surface area (TPSA) is 55.0 Å². The lowest BCUT2D eigenvalue weighted by molar-refractivity contribution is -0.141. The quantitative estimate of drug-likeness (QED) is 0.897. The van der Waals surface area contributed by atoms with Gasteiger partial charge in [0.25, 0.3) is 0 Å². The molecule has 1 aliphatic heterocycles. The van der Waals surface area contributed by atoms with Crippen LogP contribution in [0.25, 0.3) is 0 Å². The summed E-state index contributed by atoms with van der Waals surface area (Å²) in [4.78, 5) is 9.37. The maximum atomic E-state index is 12.6. The molecular weight excluding hydrogens is 257 g/mol. The molecule has 0 bridgehead atoms. The van der Waals surface area contributed by atoms with Crippen molar-refractivity contribution in [3.8, 4) is 0 Å². The highest BCUT2D eigenvalue weighted by Crippen LogP contribution is 2.30. The smallest absolute Gasteiger partial charge is 0.337 e. The molecule has 0 aliphatic carbocycles. The Morgan fingerprint density at radius 3 is 2.84 bits per heavy atom. The number of piperidine rings is 1. The lowest BCUT2D eigenvalue weighted by Gasteiger charge is -2.38. The van der Waals surface area contributed by atoms with E-state index in [1.165, 1.54) is 0 Å². The van der Waals surface area contributed by atoms with Crippen molar-refractivity contribution in [3.63, 3.8) is 0 Å². The number of alkyl halides is 3. The third kappa shape index (κ3) is 3.15. The molecule has 1 aliphatic rings. The van der Waals surface area contributed by atoms with Gasteiger partial charge in [0.2, 0.25) is 5.95 Å². The van der Waals surface area contributed by atoms with E-state index in [0.29, 0.717) is 19.0 Å². The summed E-state index contributed by atoms with van der Waals surface area (Å²) in [6.07, 6.45) is -1.53. The Labute approximate surface area is 109 Å². The van der Waals surface area contributed by atoms with Crippen LogP contribution >= 0.6 is 0 Å². The van der Waals surface area contributed by atoms with Crippen molar-refractivity contribution in [2.24, 2.45) is 11.7 Å². The molecule has 0 saturated carbocycles. The van der Waals surface area contributed by atoms with Gasteiger partial charge in [-0.2, -0.15) is 13.2 Å². The van der Waals surface area contributed by atoms with E-state index in [2.05, 4.69) is 16.9 Å². The minimum absolute atomic E-state index is 0.00670. The second kappa shape index (κ2) is 5.32. The summed E-state index contributed by atoms with van der Waals surface area (Å²) in [7, 11) is 0. The molecule has 2 N–H and O–H groups in total. The average molecular weight is 274 g/mol. The van der Waals surface area contributed by atoms with Gasteiger partial charge >= 0.3 is 6.18 Å². The number of nitrogens with two attached hydrogens (primary N) is 1. The van der Waals surface area contributed by atoms with Gasteiger partial charge in [-0.25, -0.2) is 9.97 Å². The molecule has 1 aromatic rings. The van der Waals surface area contributed by atoms with E-state index in [-0.39, 0.29) is 12.0 Å². The van der Waals surface area contributed by atoms with E-state index in [1.54, 1.807) is 4.90 Å². The number of aromatic nitrogens is 2. The maximum absolute atomic E-state index is 12.6. The molecule has 0 amide bonds. The SMILES string of the molecule is CC1CCN(c2nccc(C(F)(F)F)n2)C(CN)C1. The molecule has 0 aromatic carbocycles. The first kappa shape index (κ1) is 14.0. The van der Waals surface area contributed by atoms with Crippen LogP contribution in [0, 0.1) is 5.92 Å². The van der Waals surface area contributed by atoms with E-state index in [9.17, 15) is 13.2 Å². The van der Waals surface area contributed by atoms with Crippen molar-refractivity contribution >= 4 is 5.95 Å². The predicted molar refractivity (Wildman–Crippen MR) is 65.6 cm³/mol. The molecule has 2 atom stereocenters. The van der Waals surface area contributed by atoms with E-state index in [1.807, 2.05) is 0 Å². The molecule has 19 heavy (non-hydrogen) atoms. The fourth-order valence-corrected chi connectivity index (χ4v) is 2.38. The van der Waals surface area contributed by atoms with E-state index >= 15 is 0 Å².